The van der Waals surface area contributed by atoms with Gasteiger partial charge in [0, 0.05) is 11.4 Å². The number of esters is 1. The van der Waals surface area contributed by atoms with Crippen molar-refractivity contribution in [3.8, 4) is 0 Å². The van der Waals surface area contributed by atoms with Crippen molar-refractivity contribution in [2.24, 2.45) is 0 Å². The second-order valence-corrected chi connectivity index (χ2v) is 6.55. The van der Waals surface area contributed by atoms with Crippen LogP contribution in [0, 0.1) is 0 Å². The second kappa shape index (κ2) is 10.9. The minimum atomic E-state index is -0.840. The number of benzene rings is 1. The lowest BCUT2D eigenvalue weighted by molar-refractivity contribution is -0.137. The fourth-order valence-corrected chi connectivity index (χ4v) is 2.96. The van der Waals surface area contributed by atoms with Crippen molar-refractivity contribution >= 4 is 35.3 Å². The molecule has 0 bridgehead atoms. The van der Waals surface area contributed by atoms with Gasteiger partial charge >= 0.3 is 12.1 Å². The van der Waals surface area contributed by atoms with Crippen LogP contribution in [0.15, 0.2) is 48.5 Å². The maximum absolute atomic E-state index is 11.8. The average molecular weight is 387 g/mol. The van der Waals surface area contributed by atoms with E-state index in [1.54, 1.807) is 19.1 Å². The molecule has 2 rings (SSSR count). The third-order valence-electron chi connectivity index (χ3n) is 3.39. The van der Waals surface area contributed by atoms with Crippen molar-refractivity contribution in [1.82, 2.24) is 5.32 Å². The average Bonchev–Trinajstić information content (AvgIpc) is 3.15. The van der Waals surface area contributed by atoms with Gasteiger partial charge in [-0.2, -0.15) is 0 Å². The third-order valence-corrected chi connectivity index (χ3v) is 4.44. The van der Waals surface area contributed by atoms with Crippen LogP contribution in [-0.2, 0) is 20.9 Å². The Hall–Kier alpha value is -2.93. The molecule has 1 amide bonds. The third kappa shape index (κ3) is 7.07. The van der Waals surface area contributed by atoms with Crippen molar-refractivity contribution in [1.29, 1.82) is 0 Å². The largest absolute Gasteiger partial charge is 0.460 e. The Morgan fingerprint density at radius 3 is 2.59 bits per heavy atom. The smallest absolute Gasteiger partial charge is 0.407 e. The fourth-order valence-electron chi connectivity index (χ4n) is 2.09. The summed E-state index contributed by atoms with van der Waals surface area (Å²) in [4.78, 5) is 36.0. The topological polar surface area (TPSA) is 81.7 Å². The zero-order valence-corrected chi connectivity index (χ0v) is 15.8. The van der Waals surface area contributed by atoms with Gasteiger partial charge < -0.3 is 14.8 Å². The van der Waals surface area contributed by atoms with Gasteiger partial charge in [-0.25, -0.2) is 9.59 Å². The summed E-state index contributed by atoms with van der Waals surface area (Å²) in [6.07, 6.45) is 3.86. The van der Waals surface area contributed by atoms with Crippen LogP contribution in [0.5, 0.6) is 0 Å². The molecule has 7 heteroatoms. The number of Topliss-reactive ketones (excluding diaryl/α,β-unsaturated/α-hetero) is 1. The molecular weight excluding hydrogens is 366 g/mol. The van der Waals surface area contributed by atoms with Gasteiger partial charge in [0.15, 0.2) is 0 Å². The molecule has 0 aliphatic carbocycles. The summed E-state index contributed by atoms with van der Waals surface area (Å²) in [6, 6.07) is 12.8. The van der Waals surface area contributed by atoms with E-state index in [0.717, 1.165) is 10.4 Å². The first kappa shape index (κ1) is 20.4. The van der Waals surface area contributed by atoms with Gasteiger partial charge in [0.05, 0.1) is 11.5 Å². The molecule has 0 aliphatic rings. The Morgan fingerprint density at radius 1 is 1.07 bits per heavy atom. The van der Waals surface area contributed by atoms with Crippen LogP contribution in [0.1, 0.15) is 33.5 Å². The molecule has 0 aliphatic heterocycles. The standard InChI is InChI=1S/C20H21NO5S/c1-2-25-19(23)18(22)17-12-11-16(27-17)10-6-7-13-21-20(24)26-14-15-8-4-3-5-9-15/h3-6,8-12H,2,7,13-14H2,1H3,(H,21,24). The van der Waals surface area contributed by atoms with E-state index in [1.807, 2.05) is 42.5 Å². The first-order valence-corrected chi connectivity index (χ1v) is 9.34. The molecule has 27 heavy (non-hydrogen) atoms. The maximum Gasteiger partial charge on any atom is 0.407 e. The van der Waals surface area contributed by atoms with Crippen LogP contribution in [0.3, 0.4) is 0 Å². The van der Waals surface area contributed by atoms with Gasteiger partial charge in [0.2, 0.25) is 0 Å². The summed E-state index contributed by atoms with van der Waals surface area (Å²) in [7, 11) is 0. The number of ketones is 1. The van der Waals surface area contributed by atoms with E-state index in [9.17, 15) is 14.4 Å². The van der Waals surface area contributed by atoms with Gasteiger partial charge in [-0.3, -0.25) is 4.79 Å². The molecule has 1 N–H and O–H groups in total. The molecule has 2 aromatic rings. The summed E-state index contributed by atoms with van der Waals surface area (Å²) >= 11 is 1.22. The van der Waals surface area contributed by atoms with Gasteiger partial charge in [0.1, 0.15) is 6.61 Å². The minimum absolute atomic E-state index is 0.170. The number of alkyl carbamates (subject to hydrolysis) is 1. The van der Waals surface area contributed by atoms with Gasteiger partial charge in [-0.15, -0.1) is 11.3 Å². The number of carbonyl (C=O) groups excluding carboxylic acids is 3. The van der Waals surface area contributed by atoms with Gasteiger partial charge in [-0.05, 0) is 37.1 Å². The Morgan fingerprint density at radius 2 is 1.85 bits per heavy atom. The predicted molar refractivity (Wildman–Crippen MR) is 104 cm³/mol. The molecule has 0 atom stereocenters. The zero-order valence-electron chi connectivity index (χ0n) is 15.0. The Bertz CT molecular complexity index is 798. The van der Waals surface area contributed by atoms with Crippen molar-refractivity contribution in [3.63, 3.8) is 0 Å². The Kier molecular flexibility index (Phi) is 8.25. The van der Waals surface area contributed by atoms with Crippen LogP contribution in [0.2, 0.25) is 0 Å². The number of amides is 1. The lowest BCUT2D eigenvalue weighted by Crippen LogP contribution is -2.24. The number of hydrogen-bond donors (Lipinski definition) is 1. The molecule has 142 valence electrons. The molecule has 0 saturated carbocycles. The zero-order chi connectivity index (χ0) is 19.5. The number of hydrogen-bond acceptors (Lipinski definition) is 6. The van der Waals surface area contributed by atoms with Crippen LogP contribution in [0.4, 0.5) is 4.79 Å². The van der Waals surface area contributed by atoms with Gasteiger partial charge in [-0.1, -0.05) is 36.4 Å². The van der Waals surface area contributed by atoms with E-state index in [-0.39, 0.29) is 13.2 Å². The van der Waals surface area contributed by atoms with E-state index in [4.69, 9.17) is 9.47 Å². The SMILES string of the molecule is CCOC(=O)C(=O)c1ccc(C=CCCNC(=O)OCc2ccccc2)s1. The summed E-state index contributed by atoms with van der Waals surface area (Å²) in [6.45, 7) is 2.49. The van der Waals surface area contributed by atoms with Crippen molar-refractivity contribution in [2.45, 2.75) is 20.0 Å². The number of thiophene rings is 1. The minimum Gasteiger partial charge on any atom is -0.460 e. The predicted octanol–water partition coefficient (Wildman–Crippen LogP) is 3.82. The highest BCUT2D eigenvalue weighted by atomic mass is 32.1. The van der Waals surface area contributed by atoms with Gasteiger partial charge in [0.25, 0.3) is 5.78 Å². The second-order valence-electron chi connectivity index (χ2n) is 5.43. The molecule has 1 aromatic carbocycles. The van der Waals surface area contributed by atoms with E-state index >= 15 is 0 Å². The molecular formula is C20H21NO5S. The Labute approximate surface area is 161 Å². The fraction of sp³-hybridized carbons (Fsp3) is 0.250. The molecule has 0 unspecified atom stereocenters. The summed E-state index contributed by atoms with van der Waals surface area (Å²) in [5, 5.41) is 2.67. The van der Waals surface area contributed by atoms with E-state index in [1.165, 1.54) is 11.3 Å². The quantitative estimate of drug-likeness (QED) is 0.306. The van der Waals surface area contributed by atoms with Crippen molar-refractivity contribution in [2.75, 3.05) is 13.2 Å². The molecule has 6 nitrogen and oxygen atoms in total. The molecule has 1 heterocycles. The van der Waals surface area contributed by atoms with Crippen LogP contribution in [-0.4, -0.2) is 31.0 Å². The normalized spacial score (nSPS) is 10.6. The molecule has 0 fully saturated rings. The lowest BCUT2D eigenvalue weighted by Gasteiger charge is -2.05. The summed E-state index contributed by atoms with van der Waals surface area (Å²) in [5.74, 6) is -1.47. The first-order valence-electron chi connectivity index (χ1n) is 8.52. The first-order chi connectivity index (χ1) is 13.1. The van der Waals surface area contributed by atoms with Crippen LogP contribution < -0.4 is 5.32 Å². The maximum atomic E-state index is 11.8. The highest BCUT2D eigenvalue weighted by Gasteiger charge is 2.18. The number of ether oxygens (including phenoxy) is 2. The van der Waals surface area contributed by atoms with E-state index in [0.29, 0.717) is 17.8 Å². The molecule has 0 spiro atoms. The van der Waals surface area contributed by atoms with Crippen LogP contribution in [0.25, 0.3) is 6.08 Å². The van der Waals surface area contributed by atoms with E-state index < -0.39 is 17.8 Å². The number of nitrogens with one attached hydrogen (secondary N) is 1. The van der Waals surface area contributed by atoms with Crippen molar-refractivity contribution in [3.05, 3.63) is 63.9 Å². The highest BCUT2D eigenvalue weighted by molar-refractivity contribution is 7.15. The lowest BCUT2D eigenvalue weighted by atomic mass is 10.2. The van der Waals surface area contributed by atoms with Crippen molar-refractivity contribution < 1.29 is 23.9 Å². The highest BCUT2D eigenvalue weighted by Crippen LogP contribution is 2.19. The summed E-state index contributed by atoms with van der Waals surface area (Å²) in [5.41, 5.74) is 0.929. The number of carbonyl (C=O) groups is 3. The van der Waals surface area contributed by atoms with E-state index in [2.05, 4.69) is 5.32 Å². The molecule has 0 radical (unpaired) electrons. The summed E-state index contributed by atoms with van der Waals surface area (Å²) < 4.78 is 9.81. The monoisotopic (exact) mass is 387 g/mol. The molecule has 0 saturated heterocycles. The van der Waals surface area contributed by atoms with Crippen LogP contribution >= 0.6 is 11.3 Å². The molecule has 1 aromatic heterocycles. The number of rotatable bonds is 9. The Balaban J connectivity index is 1.68.